The highest BCUT2D eigenvalue weighted by Gasteiger charge is 2.21. The number of hydrogen-bond donors (Lipinski definition) is 1. The van der Waals surface area contributed by atoms with Gasteiger partial charge in [-0.2, -0.15) is 11.3 Å². The van der Waals surface area contributed by atoms with Crippen LogP contribution < -0.4 is 9.62 Å². The zero-order valence-corrected chi connectivity index (χ0v) is 17.3. The molecule has 28 heavy (non-hydrogen) atoms. The van der Waals surface area contributed by atoms with Gasteiger partial charge in [0.1, 0.15) is 0 Å². The van der Waals surface area contributed by atoms with Gasteiger partial charge >= 0.3 is 0 Å². The molecule has 0 bridgehead atoms. The van der Waals surface area contributed by atoms with Gasteiger partial charge in [0.2, 0.25) is 0 Å². The summed E-state index contributed by atoms with van der Waals surface area (Å²) in [6.45, 7) is 1.95. The fourth-order valence-corrected chi connectivity index (χ4v) is 4.71. The molecule has 1 unspecified atom stereocenters. The number of para-hydroxylation sites is 1. The van der Waals surface area contributed by atoms with E-state index in [-0.39, 0.29) is 16.8 Å². The third kappa shape index (κ3) is 4.61. The molecular weight excluding hydrogens is 392 g/mol. The van der Waals surface area contributed by atoms with E-state index in [0.29, 0.717) is 11.3 Å². The fourth-order valence-electron chi connectivity index (χ4n) is 2.83. The maximum atomic E-state index is 12.8. The first-order valence-corrected chi connectivity index (χ1v) is 11.2. The topological polar surface area (TPSA) is 66.5 Å². The van der Waals surface area contributed by atoms with Crippen LogP contribution in [0.5, 0.6) is 0 Å². The minimum atomic E-state index is -3.69. The fraction of sp³-hybridized carbons (Fsp3) is 0.190. The molecule has 1 N–H and O–H groups in total. The van der Waals surface area contributed by atoms with E-state index in [1.807, 2.05) is 24.4 Å². The summed E-state index contributed by atoms with van der Waals surface area (Å²) in [5.74, 6) is -0.219. The monoisotopic (exact) mass is 414 g/mol. The maximum absolute atomic E-state index is 12.8. The van der Waals surface area contributed by atoms with Crippen molar-refractivity contribution in [3.05, 3.63) is 82.6 Å². The lowest BCUT2D eigenvalue weighted by Crippen LogP contribution is -2.34. The largest absolute Gasteiger partial charge is 0.349 e. The Hall–Kier alpha value is -2.64. The summed E-state index contributed by atoms with van der Waals surface area (Å²) in [5.41, 5.74) is 2.19. The summed E-state index contributed by atoms with van der Waals surface area (Å²) in [6.07, 6.45) is 0.754. The number of benzene rings is 2. The number of sulfonamides is 1. The summed E-state index contributed by atoms with van der Waals surface area (Å²) in [5, 5.41) is 7.02. The van der Waals surface area contributed by atoms with Gasteiger partial charge < -0.3 is 5.32 Å². The molecule has 0 aliphatic rings. The lowest BCUT2D eigenvalue weighted by molar-refractivity contribution is 0.0940. The number of amides is 1. The molecule has 0 spiro atoms. The number of nitrogens with zero attached hydrogens (tertiary/aromatic N) is 1. The molecule has 0 saturated carbocycles. The molecule has 2 aromatic carbocycles. The average molecular weight is 415 g/mol. The van der Waals surface area contributed by atoms with Crippen LogP contribution in [0.3, 0.4) is 0 Å². The van der Waals surface area contributed by atoms with E-state index in [2.05, 4.69) is 10.7 Å². The molecule has 5 nitrogen and oxygen atoms in total. The van der Waals surface area contributed by atoms with Crippen molar-refractivity contribution >= 4 is 33.0 Å². The Morgan fingerprint density at radius 2 is 1.75 bits per heavy atom. The van der Waals surface area contributed by atoms with Crippen molar-refractivity contribution in [2.75, 3.05) is 11.4 Å². The van der Waals surface area contributed by atoms with Gasteiger partial charge in [-0.1, -0.05) is 18.2 Å². The van der Waals surface area contributed by atoms with E-state index in [0.717, 1.165) is 6.42 Å². The first-order valence-electron chi connectivity index (χ1n) is 8.84. The van der Waals surface area contributed by atoms with Crippen molar-refractivity contribution in [1.29, 1.82) is 0 Å². The van der Waals surface area contributed by atoms with Crippen LogP contribution in [-0.4, -0.2) is 27.4 Å². The minimum Gasteiger partial charge on any atom is -0.349 e. The molecule has 1 heterocycles. The molecule has 3 aromatic rings. The summed E-state index contributed by atoms with van der Waals surface area (Å²) in [6, 6.07) is 16.9. The van der Waals surface area contributed by atoms with Gasteiger partial charge in [-0.15, -0.1) is 0 Å². The van der Waals surface area contributed by atoms with Gasteiger partial charge in [0, 0.05) is 18.7 Å². The molecule has 1 aromatic heterocycles. The second kappa shape index (κ2) is 8.58. The van der Waals surface area contributed by atoms with Crippen molar-refractivity contribution in [3.63, 3.8) is 0 Å². The standard InChI is InChI=1S/C21H22N2O3S2/c1-16(14-17-12-13-27-15-17)22-21(24)18-8-10-20(11-9-18)28(25,26)23(2)19-6-4-3-5-7-19/h3-13,15-16H,14H2,1-2H3,(H,22,24). The van der Waals surface area contributed by atoms with Gasteiger partial charge in [0.05, 0.1) is 10.6 Å². The van der Waals surface area contributed by atoms with E-state index in [9.17, 15) is 13.2 Å². The van der Waals surface area contributed by atoms with Crippen molar-refractivity contribution in [3.8, 4) is 0 Å². The molecule has 0 radical (unpaired) electrons. The zero-order chi connectivity index (χ0) is 20.1. The molecule has 146 valence electrons. The molecule has 0 aliphatic heterocycles. The number of carbonyl (C=O) groups excluding carboxylic acids is 1. The summed E-state index contributed by atoms with van der Waals surface area (Å²) in [4.78, 5) is 12.6. The van der Waals surface area contributed by atoms with Crippen LogP contribution >= 0.6 is 11.3 Å². The van der Waals surface area contributed by atoms with Crippen molar-refractivity contribution in [1.82, 2.24) is 5.32 Å². The predicted octanol–water partition coefficient (Wildman–Crippen LogP) is 3.93. The van der Waals surface area contributed by atoms with Crippen LogP contribution in [-0.2, 0) is 16.4 Å². The Morgan fingerprint density at radius 1 is 1.07 bits per heavy atom. The minimum absolute atomic E-state index is 0.0188. The predicted molar refractivity (Wildman–Crippen MR) is 113 cm³/mol. The van der Waals surface area contributed by atoms with E-state index < -0.39 is 10.0 Å². The van der Waals surface area contributed by atoms with E-state index in [1.54, 1.807) is 47.7 Å². The highest BCUT2D eigenvalue weighted by molar-refractivity contribution is 7.92. The van der Waals surface area contributed by atoms with Crippen molar-refractivity contribution in [2.24, 2.45) is 0 Å². The molecular formula is C21H22N2O3S2. The van der Waals surface area contributed by atoms with Gasteiger partial charge in [-0.05, 0) is 72.1 Å². The quantitative estimate of drug-likeness (QED) is 0.637. The van der Waals surface area contributed by atoms with E-state index >= 15 is 0 Å². The SMILES string of the molecule is CC(Cc1ccsc1)NC(=O)c1ccc(S(=O)(=O)N(C)c2ccccc2)cc1. The molecule has 1 amide bonds. The third-order valence-electron chi connectivity index (χ3n) is 4.39. The average Bonchev–Trinajstić information content (AvgIpc) is 3.21. The van der Waals surface area contributed by atoms with Crippen LogP contribution in [0.4, 0.5) is 5.69 Å². The lowest BCUT2D eigenvalue weighted by Gasteiger charge is -2.19. The zero-order valence-electron chi connectivity index (χ0n) is 15.7. The molecule has 0 aliphatic carbocycles. The number of rotatable bonds is 7. The second-order valence-electron chi connectivity index (χ2n) is 6.54. The first-order chi connectivity index (χ1) is 13.4. The number of thiophene rings is 1. The maximum Gasteiger partial charge on any atom is 0.264 e. The van der Waals surface area contributed by atoms with Crippen molar-refractivity contribution in [2.45, 2.75) is 24.3 Å². The van der Waals surface area contributed by atoms with Gasteiger partial charge in [-0.3, -0.25) is 9.10 Å². The normalized spacial score (nSPS) is 12.4. The lowest BCUT2D eigenvalue weighted by atomic mass is 10.1. The van der Waals surface area contributed by atoms with Gasteiger partial charge in [0.15, 0.2) is 0 Å². The van der Waals surface area contributed by atoms with Gasteiger partial charge in [-0.25, -0.2) is 8.42 Å². The molecule has 7 heteroatoms. The molecule has 1 atom stereocenters. The van der Waals surface area contributed by atoms with Crippen LogP contribution in [0.25, 0.3) is 0 Å². The summed E-state index contributed by atoms with van der Waals surface area (Å²) in [7, 11) is -2.18. The van der Waals surface area contributed by atoms with Crippen LogP contribution in [0.2, 0.25) is 0 Å². The van der Waals surface area contributed by atoms with Crippen LogP contribution in [0.1, 0.15) is 22.8 Å². The van der Waals surface area contributed by atoms with E-state index in [1.165, 1.54) is 29.0 Å². The summed E-state index contributed by atoms with van der Waals surface area (Å²) >= 11 is 1.63. The second-order valence-corrected chi connectivity index (χ2v) is 9.29. The molecule has 3 rings (SSSR count). The Labute approximate surface area is 169 Å². The Balaban J connectivity index is 1.69. The third-order valence-corrected chi connectivity index (χ3v) is 6.93. The molecule has 0 saturated heterocycles. The number of carbonyl (C=O) groups is 1. The number of anilines is 1. The van der Waals surface area contributed by atoms with Crippen molar-refractivity contribution < 1.29 is 13.2 Å². The molecule has 0 fully saturated rings. The number of nitrogens with one attached hydrogen (secondary N) is 1. The van der Waals surface area contributed by atoms with Crippen LogP contribution in [0.15, 0.2) is 76.3 Å². The Bertz CT molecular complexity index is 1020. The highest BCUT2D eigenvalue weighted by atomic mass is 32.2. The smallest absolute Gasteiger partial charge is 0.264 e. The first kappa shape index (κ1) is 20.1. The highest BCUT2D eigenvalue weighted by Crippen LogP contribution is 2.22. The van der Waals surface area contributed by atoms with Crippen LogP contribution in [0, 0.1) is 0 Å². The number of hydrogen-bond acceptors (Lipinski definition) is 4. The summed E-state index contributed by atoms with van der Waals surface area (Å²) < 4.78 is 26.8. The van der Waals surface area contributed by atoms with Gasteiger partial charge in [0.25, 0.3) is 15.9 Å². The Kier molecular flexibility index (Phi) is 6.16. The van der Waals surface area contributed by atoms with E-state index in [4.69, 9.17) is 0 Å². The Morgan fingerprint density at radius 3 is 2.36 bits per heavy atom.